The molecule has 1 aliphatic rings. The molecule has 0 spiro atoms. The summed E-state index contributed by atoms with van der Waals surface area (Å²) >= 11 is 0. The molecule has 0 aromatic heterocycles. The van der Waals surface area contributed by atoms with Gasteiger partial charge in [0.25, 0.3) is 5.69 Å². The summed E-state index contributed by atoms with van der Waals surface area (Å²) in [5, 5.41) is 42.4. The zero-order valence-electron chi connectivity index (χ0n) is 12.7. The fourth-order valence-corrected chi connectivity index (χ4v) is 2.38. The van der Waals surface area contributed by atoms with Crippen LogP contribution < -0.4 is 10.1 Å². The Labute approximate surface area is 136 Å². The van der Waals surface area contributed by atoms with E-state index >= 15 is 0 Å². The van der Waals surface area contributed by atoms with Crippen LogP contribution in [-0.4, -0.2) is 63.4 Å². The molecule has 1 amide bonds. The molecule has 1 aromatic carbocycles. The zero-order valence-corrected chi connectivity index (χ0v) is 12.7. The third-order valence-corrected chi connectivity index (χ3v) is 3.53. The standard InChI is InChI=1S/C14H18N2O8/c1-7(18)15-11-13(20)12(19)10(6-17)24-14(11)23-9-4-2-3-8(5-9)16(21)22/h2-5,10-14,17,19-20H,6H2,1H3,(H,15,18)/t10-,11+,12+,13+,14-/m0/s1. The molecule has 24 heavy (non-hydrogen) atoms. The van der Waals surface area contributed by atoms with Crippen LogP contribution >= 0.6 is 0 Å². The maximum atomic E-state index is 11.3. The summed E-state index contributed by atoms with van der Waals surface area (Å²) in [6, 6.07) is 4.14. The number of hydrogen-bond donors (Lipinski definition) is 4. The smallest absolute Gasteiger partial charge is 0.273 e. The van der Waals surface area contributed by atoms with Gasteiger partial charge in [-0.25, -0.2) is 0 Å². The summed E-state index contributed by atoms with van der Waals surface area (Å²) < 4.78 is 10.9. The average molecular weight is 342 g/mol. The Morgan fingerprint density at radius 3 is 2.71 bits per heavy atom. The van der Waals surface area contributed by atoms with E-state index in [-0.39, 0.29) is 11.4 Å². The van der Waals surface area contributed by atoms with Crippen LogP contribution in [0.3, 0.4) is 0 Å². The molecule has 4 N–H and O–H groups in total. The first-order chi connectivity index (χ1) is 11.3. The highest BCUT2D eigenvalue weighted by molar-refractivity contribution is 5.73. The molecule has 1 saturated heterocycles. The van der Waals surface area contributed by atoms with Gasteiger partial charge in [-0.2, -0.15) is 0 Å². The van der Waals surface area contributed by atoms with Crippen LogP contribution in [0.5, 0.6) is 5.75 Å². The lowest BCUT2D eigenvalue weighted by atomic mass is 9.97. The van der Waals surface area contributed by atoms with E-state index < -0.39 is 48.1 Å². The SMILES string of the molecule is CC(=O)N[C@H]1[C@@H](Oc2cccc([N+](=O)[O-])c2)O[C@@H](CO)[C@@H](O)[C@@H]1O. The number of aliphatic hydroxyl groups excluding tert-OH is 3. The van der Waals surface area contributed by atoms with E-state index in [4.69, 9.17) is 9.47 Å². The van der Waals surface area contributed by atoms with Crippen molar-refractivity contribution in [3.63, 3.8) is 0 Å². The van der Waals surface area contributed by atoms with Crippen molar-refractivity contribution in [2.75, 3.05) is 6.61 Å². The third-order valence-electron chi connectivity index (χ3n) is 3.53. The number of nitro groups is 1. The quantitative estimate of drug-likeness (QED) is 0.389. The van der Waals surface area contributed by atoms with Crippen LogP contribution in [0.15, 0.2) is 24.3 Å². The van der Waals surface area contributed by atoms with Crippen LogP contribution in [0.1, 0.15) is 6.92 Å². The van der Waals surface area contributed by atoms with Crippen LogP contribution in [0, 0.1) is 10.1 Å². The molecule has 10 nitrogen and oxygen atoms in total. The number of benzene rings is 1. The summed E-state index contributed by atoms with van der Waals surface area (Å²) in [6.45, 7) is 0.626. The number of carbonyl (C=O) groups is 1. The highest BCUT2D eigenvalue weighted by Crippen LogP contribution is 2.26. The largest absolute Gasteiger partial charge is 0.462 e. The Morgan fingerprint density at radius 1 is 1.42 bits per heavy atom. The fourth-order valence-electron chi connectivity index (χ4n) is 2.38. The molecule has 1 aliphatic heterocycles. The monoisotopic (exact) mass is 342 g/mol. The first-order valence-electron chi connectivity index (χ1n) is 7.14. The second-order valence-corrected chi connectivity index (χ2v) is 5.31. The van der Waals surface area contributed by atoms with Gasteiger partial charge in [0, 0.05) is 13.0 Å². The van der Waals surface area contributed by atoms with Crippen molar-refractivity contribution in [3.05, 3.63) is 34.4 Å². The first kappa shape index (κ1) is 18.1. The summed E-state index contributed by atoms with van der Waals surface area (Å²) in [4.78, 5) is 21.5. The van der Waals surface area contributed by atoms with Gasteiger partial charge in [0.2, 0.25) is 12.2 Å². The number of aliphatic hydroxyl groups is 3. The van der Waals surface area contributed by atoms with Crippen molar-refractivity contribution < 1.29 is 34.5 Å². The van der Waals surface area contributed by atoms with Gasteiger partial charge in [-0.05, 0) is 6.07 Å². The van der Waals surface area contributed by atoms with Gasteiger partial charge in [-0.1, -0.05) is 6.07 Å². The van der Waals surface area contributed by atoms with Gasteiger partial charge in [-0.3, -0.25) is 14.9 Å². The second kappa shape index (κ2) is 7.53. The molecular weight excluding hydrogens is 324 g/mol. The van der Waals surface area contributed by atoms with Crippen LogP contribution in [0.4, 0.5) is 5.69 Å². The van der Waals surface area contributed by atoms with Gasteiger partial charge >= 0.3 is 0 Å². The Balaban J connectivity index is 2.24. The Morgan fingerprint density at radius 2 is 2.12 bits per heavy atom. The minimum absolute atomic E-state index is 0.0739. The Bertz CT molecular complexity index is 610. The van der Waals surface area contributed by atoms with Crippen molar-refractivity contribution in [1.29, 1.82) is 0 Å². The van der Waals surface area contributed by atoms with Gasteiger partial charge in [0.05, 0.1) is 17.6 Å². The first-order valence-corrected chi connectivity index (χ1v) is 7.14. The minimum atomic E-state index is -1.46. The fraction of sp³-hybridized carbons (Fsp3) is 0.500. The van der Waals surface area contributed by atoms with Crippen molar-refractivity contribution >= 4 is 11.6 Å². The van der Waals surface area contributed by atoms with Gasteiger partial charge in [-0.15, -0.1) is 0 Å². The maximum Gasteiger partial charge on any atom is 0.273 e. The summed E-state index contributed by atoms with van der Waals surface area (Å²) in [5.74, 6) is -0.422. The predicted molar refractivity (Wildman–Crippen MR) is 79.1 cm³/mol. The number of carbonyl (C=O) groups excluding carboxylic acids is 1. The van der Waals surface area contributed by atoms with Crippen molar-refractivity contribution in [3.8, 4) is 5.75 Å². The molecule has 10 heteroatoms. The molecule has 5 atom stereocenters. The average Bonchev–Trinajstić information content (AvgIpc) is 2.54. The Kier molecular flexibility index (Phi) is 5.67. The summed E-state index contributed by atoms with van der Waals surface area (Å²) in [7, 11) is 0. The summed E-state index contributed by atoms with van der Waals surface area (Å²) in [6.07, 6.45) is -5.28. The topological polar surface area (TPSA) is 151 Å². The Hall–Kier alpha value is -2.27. The summed E-state index contributed by atoms with van der Waals surface area (Å²) in [5.41, 5.74) is -0.210. The van der Waals surface area contributed by atoms with E-state index in [1.54, 1.807) is 0 Å². The van der Waals surface area contributed by atoms with E-state index in [1.165, 1.54) is 25.1 Å². The van der Waals surface area contributed by atoms with E-state index in [1.807, 2.05) is 0 Å². The number of ether oxygens (including phenoxy) is 2. The number of nitrogens with zero attached hydrogens (tertiary/aromatic N) is 1. The number of nitro benzene ring substituents is 1. The highest BCUT2D eigenvalue weighted by atomic mass is 16.7. The highest BCUT2D eigenvalue weighted by Gasteiger charge is 2.46. The number of non-ortho nitro benzene ring substituents is 1. The van der Waals surface area contributed by atoms with E-state index in [0.29, 0.717) is 0 Å². The van der Waals surface area contributed by atoms with Crippen molar-refractivity contribution in [2.45, 2.75) is 37.6 Å². The third kappa shape index (κ3) is 3.97. The second-order valence-electron chi connectivity index (χ2n) is 5.31. The van der Waals surface area contributed by atoms with Crippen molar-refractivity contribution in [1.82, 2.24) is 5.32 Å². The molecule has 0 aliphatic carbocycles. The van der Waals surface area contributed by atoms with E-state index in [9.17, 15) is 30.2 Å². The number of amides is 1. The molecule has 0 radical (unpaired) electrons. The molecule has 0 bridgehead atoms. The molecule has 132 valence electrons. The lowest BCUT2D eigenvalue weighted by molar-refractivity contribution is -0.385. The van der Waals surface area contributed by atoms with E-state index in [2.05, 4.69) is 5.32 Å². The predicted octanol–water partition coefficient (Wildman–Crippen LogP) is -1.08. The van der Waals surface area contributed by atoms with Gasteiger partial charge < -0.3 is 30.1 Å². The molecular formula is C14H18N2O8. The number of rotatable bonds is 5. The number of hydrogen-bond acceptors (Lipinski definition) is 8. The van der Waals surface area contributed by atoms with Crippen LogP contribution in [0.25, 0.3) is 0 Å². The molecule has 1 heterocycles. The zero-order chi connectivity index (χ0) is 17.9. The lowest BCUT2D eigenvalue weighted by Crippen LogP contribution is -2.65. The normalized spacial score (nSPS) is 29.8. The lowest BCUT2D eigenvalue weighted by Gasteiger charge is -2.42. The number of nitrogens with one attached hydrogen (secondary N) is 1. The van der Waals surface area contributed by atoms with Crippen LogP contribution in [-0.2, 0) is 9.53 Å². The molecule has 0 unspecified atom stereocenters. The molecule has 2 rings (SSSR count). The van der Waals surface area contributed by atoms with Gasteiger partial charge in [0.1, 0.15) is 30.1 Å². The molecule has 1 aromatic rings. The minimum Gasteiger partial charge on any atom is -0.462 e. The van der Waals surface area contributed by atoms with E-state index in [0.717, 1.165) is 6.07 Å². The van der Waals surface area contributed by atoms with Crippen molar-refractivity contribution in [2.24, 2.45) is 0 Å². The molecule has 0 saturated carbocycles. The maximum absolute atomic E-state index is 11.3. The van der Waals surface area contributed by atoms with Crippen LogP contribution in [0.2, 0.25) is 0 Å². The van der Waals surface area contributed by atoms with Gasteiger partial charge in [0.15, 0.2) is 0 Å². The molecule has 1 fully saturated rings.